The maximum Gasteiger partial charge on any atom is 0.189 e. The predicted molar refractivity (Wildman–Crippen MR) is 84.6 cm³/mol. The van der Waals surface area contributed by atoms with Crippen molar-refractivity contribution in [3.05, 3.63) is 42.0 Å². The number of fused-ring (bicyclic) bond motifs is 1. The van der Waals surface area contributed by atoms with Gasteiger partial charge in [0.15, 0.2) is 15.6 Å². The molecule has 1 unspecified atom stereocenters. The van der Waals surface area contributed by atoms with Crippen molar-refractivity contribution in [2.45, 2.75) is 36.0 Å². The Morgan fingerprint density at radius 3 is 2.65 bits per heavy atom. The van der Waals surface area contributed by atoms with Gasteiger partial charge in [0.05, 0.1) is 11.0 Å². The molecule has 0 spiro atoms. The third kappa shape index (κ3) is 2.98. The maximum atomic E-state index is 12.9. The predicted octanol–water partition coefficient (Wildman–Crippen LogP) is 2.13. The van der Waals surface area contributed by atoms with Crippen LogP contribution in [0, 0.1) is 5.92 Å². The van der Waals surface area contributed by atoms with Crippen LogP contribution in [0.2, 0.25) is 0 Å². The molecule has 0 radical (unpaired) electrons. The van der Waals surface area contributed by atoms with Crippen molar-refractivity contribution in [3.63, 3.8) is 0 Å². The fourth-order valence-electron chi connectivity index (χ4n) is 3.40. The molecular weight excluding hydrogens is 316 g/mol. The summed E-state index contributed by atoms with van der Waals surface area (Å²) in [7, 11) is -3.73. The van der Waals surface area contributed by atoms with Gasteiger partial charge in [-0.25, -0.2) is 8.42 Å². The van der Waals surface area contributed by atoms with Crippen molar-refractivity contribution in [2.75, 3.05) is 13.4 Å². The lowest BCUT2D eigenvalue weighted by atomic mass is 10.0. The van der Waals surface area contributed by atoms with Crippen molar-refractivity contribution >= 4 is 15.6 Å². The van der Waals surface area contributed by atoms with Crippen LogP contribution in [0.5, 0.6) is 0 Å². The highest BCUT2D eigenvalue weighted by Gasteiger charge is 2.51. The van der Waals surface area contributed by atoms with Gasteiger partial charge in [0.25, 0.3) is 0 Å². The summed E-state index contributed by atoms with van der Waals surface area (Å²) < 4.78 is 36.7. The Morgan fingerprint density at radius 1 is 1.22 bits per heavy atom. The second kappa shape index (κ2) is 6.55. The minimum absolute atomic E-state index is 0.122. The van der Waals surface area contributed by atoms with Crippen LogP contribution in [0.1, 0.15) is 19.8 Å². The summed E-state index contributed by atoms with van der Waals surface area (Å²) >= 11 is 0. The van der Waals surface area contributed by atoms with E-state index in [0.717, 1.165) is 12.0 Å². The first-order valence-electron chi connectivity index (χ1n) is 7.78. The Kier molecular flexibility index (Phi) is 4.66. The number of ether oxygens (including phenoxy) is 2. The largest absolute Gasteiger partial charge is 0.356 e. The van der Waals surface area contributed by atoms with Crippen molar-refractivity contribution in [1.82, 2.24) is 0 Å². The van der Waals surface area contributed by atoms with Crippen LogP contribution < -0.4 is 0 Å². The van der Waals surface area contributed by atoms with Crippen molar-refractivity contribution in [2.24, 2.45) is 5.92 Å². The first-order valence-corrected chi connectivity index (χ1v) is 9.33. The van der Waals surface area contributed by atoms with Crippen LogP contribution in [0.3, 0.4) is 0 Å². The number of benzene rings is 1. The smallest absolute Gasteiger partial charge is 0.189 e. The molecular formula is C17H20O5S. The number of carbonyl (C=O) groups is 1. The van der Waals surface area contributed by atoms with E-state index in [1.165, 1.54) is 18.2 Å². The van der Waals surface area contributed by atoms with E-state index in [2.05, 4.69) is 0 Å². The number of hydrogen-bond donors (Lipinski definition) is 0. The Bertz CT molecular complexity index is 708. The standard InChI is InChI=1S/C17H20O5S/c1-2-21-11-22-15-9-8-12-10-14(18)17(16(12)15)23(19,20)13-6-4-3-5-7-13/h3-7,10,15-17H,2,8-9,11H2,1H3/t15-,16-,17?/m0/s1. The normalized spacial score (nSPS) is 27.1. The van der Waals surface area contributed by atoms with Crippen LogP contribution in [-0.4, -0.2) is 39.0 Å². The lowest BCUT2D eigenvalue weighted by Gasteiger charge is -2.24. The number of rotatable bonds is 6. The van der Waals surface area contributed by atoms with Crippen LogP contribution in [0.25, 0.3) is 0 Å². The van der Waals surface area contributed by atoms with Gasteiger partial charge in [-0.3, -0.25) is 4.79 Å². The first-order chi connectivity index (χ1) is 11.1. The highest BCUT2D eigenvalue weighted by Crippen LogP contribution is 2.44. The molecule has 23 heavy (non-hydrogen) atoms. The third-order valence-corrected chi connectivity index (χ3v) is 6.58. The van der Waals surface area contributed by atoms with Gasteiger partial charge >= 0.3 is 0 Å². The number of hydrogen-bond acceptors (Lipinski definition) is 5. The lowest BCUT2D eigenvalue weighted by molar-refractivity contribution is -0.117. The first kappa shape index (κ1) is 16.4. The van der Waals surface area contributed by atoms with E-state index in [-0.39, 0.29) is 23.6 Å². The van der Waals surface area contributed by atoms with E-state index in [9.17, 15) is 13.2 Å². The molecule has 5 nitrogen and oxygen atoms in total. The van der Waals surface area contributed by atoms with Crippen LogP contribution in [-0.2, 0) is 24.1 Å². The molecule has 3 rings (SSSR count). The highest BCUT2D eigenvalue weighted by atomic mass is 32.2. The molecule has 0 aromatic heterocycles. The summed E-state index contributed by atoms with van der Waals surface area (Å²) in [5.74, 6) is -0.730. The van der Waals surface area contributed by atoms with Gasteiger partial charge in [0, 0.05) is 12.5 Å². The van der Waals surface area contributed by atoms with E-state index < -0.39 is 21.0 Å². The average molecular weight is 336 g/mol. The molecule has 2 aliphatic carbocycles. The van der Waals surface area contributed by atoms with Gasteiger partial charge in [0.1, 0.15) is 12.0 Å². The SMILES string of the molecule is CCOCO[C@H]1CCC2=CC(=O)C(S(=O)(=O)c3ccccc3)[C@@H]21. The van der Waals surface area contributed by atoms with Crippen LogP contribution in [0.4, 0.5) is 0 Å². The topological polar surface area (TPSA) is 69.7 Å². The molecule has 1 fully saturated rings. The van der Waals surface area contributed by atoms with E-state index in [0.29, 0.717) is 13.0 Å². The van der Waals surface area contributed by atoms with Gasteiger partial charge in [-0.1, -0.05) is 23.8 Å². The molecule has 1 aromatic rings. The highest BCUT2D eigenvalue weighted by molar-refractivity contribution is 7.93. The maximum absolute atomic E-state index is 12.9. The molecule has 0 heterocycles. The number of carbonyl (C=O) groups excluding carboxylic acids is 1. The Labute approximate surface area is 136 Å². The zero-order valence-corrected chi connectivity index (χ0v) is 13.8. The Morgan fingerprint density at radius 2 is 1.96 bits per heavy atom. The average Bonchev–Trinajstić information content (AvgIpc) is 3.07. The second-order valence-electron chi connectivity index (χ2n) is 5.78. The van der Waals surface area contributed by atoms with Gasteiger partial charge in [-0.2, -0.15) is 0 Å². The molecule has 3 atom stereocenters. The summed E-state index contributed by atoms with van der Waals surface area (Å²) in [4.78, 5) is 12.5. The Balaban J connectivity index is 1.88. The fourth-order valence-corrected chi connectivity index (χ4v) is 5.34. The Hall–Kier alpha value is -1.50. The molecule has 0 amide bonds. The molecule has 124 valence electrons. The summed E-state index contributed by atoms with van der Waals surface area (Å²) in [5, 5.41) is -1.07. The van der Waals surface area contributed by atoms with Gasteiger partial charge < -0.3 is 9.47 Å². The minimum Gasteiger partial charge on any atom is -0.356 e. The number of allylic oxidation sites excluding steroid dienone is 1. The van der Waals surface area contributed by atoms with Crippen molar-refractivity contribution < 1.29 is 22.7 Å². The van der Waals surface area contributed by atoms with Crippen molar-refractivity contribution in [1.29, 1.82) is 0 Å². The van der Waals surface area contributed by atoms with Gasteiger partial charge in [-0.05, 0) is 38.0 Å². The van der Waals surface area contributed by atoms with E-state index in [1.54, 1.807) is 18.2 Å². The van der Waals surface area contributed by atoms with E-state index in [4.69, 9.17) is 9.47 Å². The van der Waals surface area contributed by atoms with Crippen LogP contribution >= 0.6 is 0 Å². The number of ketones is 1. The zero-order valence-electron chi connectivity index (χ0n) is 13.0. The quantitative estimate of drug-likeness (QED) is 0.588. The molecule has 0 aliphatic heterocycles. The third-order valence-electron chi connectivity index (χ3n) is 4.46. The summed E-state index contributed by atoms with van der Waals surface area (Å²) in [5.41, 5.74) is 0.890. The summed E-state index contributed by atoms with van der Waals surface area (Å²) in [6.45, 7) is 2.52. The summed E-state index contributed by atoms with van der Waals surface area (Å²) in [6, 6.07) is 8.15. The number of sulfone groups is 1. The summed E-state index contributed by atoms with van der Waals surface area (Å²) in [6.07, 6.45) is 2.63. The van der Waals surface area contributed by atoms with Crippen LogP contribution in [0.15, 0.2) is 46.9 Å². The molecule has 2 aliphatic rings. The molecule has 1 aromatic carbocycles. The van der Waals surface area contributed by atoms with E-state index in [1.807, 2.05) is 6.92 Å². The minimum atomic E-state index is -3.73. The lowest BCUT2D eigenvalue weighted by Crippen LogP contribution is -2.38. The van der Waals surface area contributed by atoms with Gasteiger partial charge in [-0.15, -0.1) is 0 Å². The second-order valence-corrected chi connectivity index (χ2v) is 7.85. The molecule has 1 saturated carbocycles. The van der Waals surface area contributed by atoms with Gasteiger partial charge in [0.2, 0.25) is 0 Å². The molecule has 0 saturated heterocycles. The molecule has 0 bridgehead atoms. The molecule has 6 heteroatoms. The van der Waals surface area contributed by atoms with E-state index >= 15 is 0 Å². The monoisotopic (exact) mass is 336 g/mol. The zero-order chi connectivity index (χ0) is 16.4. The fraction of sp³-hybridized carbons (Fsp3) is 0.471. The molecule has 0 N–H and O–H groups in total. The van der Waals surface area contributed by atoms with Crippen molar-refractivity contribution in [3.8, 4) is 0 Å².